The minimum Gasteiger partial charge on any atom is -0.496 e. The van der Waals surface area contributed by atoms with E-state index in [1.165, 1.54) is 22.6 Å². The second-order valence-electron chi connectivity index (χ2n) is 7.66. The standard InChI is InChI=1S/C24H30ClN2O/c1-7-27(8-2)19-12-9-17(22(16-19)28-6)10-14-23-24(3,4)20-15-18(25)11-13-21(20)26(23)5/h9-16H,7-8H2,1-6H3/q+1. The lowest BCUT2D eigenvalue weighted by molar-refractivity contribution is -0.401. The third-order valence-corrected chi connectivity index (χ3v) is 6.00. The molecule has 3 rings (SSSR count). The Morgan fingerprint density at radius 2 is 1.79 bits per heavy atom. The van der Waals surface area contributed by atoms with Crippen LogP contribution < -0.4 is 9.64 Å². The number of nitrogens with zero attached hydrogens (tertiary/aromatic N) is 2. The summed E-state index contributed by atoms with van der Waals surface area (Å²) in [6.07, 6.45) is 4.34. The molecular weight excluding hydrogens is 368 g/mol. The van der Waals surface area contributed by atoms with E-state index in [2.05, 4.69) is 86.7 Å². The van der Waals surface area contributed by atoms with Gasteiger partial charge in [0, 0.05) is 53.1 Å². The molecule has 0 unspecified atom stereocenters. The van der Waals surface area contributed by atoms with Gasteiger partial charge in [0.25, 0.3) is 0 Å². The van der Waals surface area contributed by atoms with Gasteiger partial charge in [-0.1, -0.05) is 11.6 Å². The number of rotatable bonds is 6. The third kappa shape index (κ3) is 3.56. The van der Waals surface area contributed by atoms with Crippen molar-refractivity contribution in [3.63, 3.8) is 0 Å². The van der Waals surface area contributed by atoms with Gasteiger partial charge >= 0.3 is 0 Å². The molecule has 0 amide bonds. The average molecular weight is 398 g/mol. The van der Waals surface area contributed by atoms with Gasteiger partial charge in [-0.3, -0.25) is 0 Å². The Morgan fingerprint density at radius 3 is 2.43 bits per heavy atom. The molecular formula is C24H30ClN2O+. The first-order valence-corrected chi connectivity index (χ1v) is 10.2. The summed E-state index contributed by atoms with van der Waals surface area (Å²) in [6.45, 7) is 10.8. The van der Waals surface area contributed by atoms with Crippen LogP contribution in [0.15, 0.2) is 42.5 Å². The molecule has 0 aromatic heterocycles. The molecule has 0 radical (unpaired) electrons. The number of allylic oxidation sites excluding steroid dienone is 1. The van der Waals surface area contributed by atoms with Crippen molar-refractivity contribution in [2.24, 2.45) is 0 Å². The predicted octanol–water partition coefficient (Wildman–Crippen LogP) is 5.91. The maximum absolute atomic E-state index is 6.26. The third-order valence-electron chi connectivity index (χ3n) is 5.76. The largest absolute Gasteiger partial charge is 0.496 e. The topological polar surface area (TPSA) is 15.5 Å². The van der Waals surface area contributed by atoms with Gasteiger partial charge in [0.1, 0.15) is 12.8 Å². The molecule has 148 valence electrons. The molecule has 3 nitrogen and oxygen atoms in total. The van der Waals surface area contributed by atoms with E-state index < -0.39 is 0 Å². The van der Waals surface area contributed by atoms with Crippen LogP contribution in [-0.2, 0) is 5.41 Å². The number of hydrogen-bond donors (Lipinski definition) is 0. The summed E-state index contributed by atoms with van der Waals surface area (Å²) in [5, 5.41) is 0.777. The minimum absolute atomic E-state index is 0.111. The van der Waals surface area contributed by atoms with Crippen molar-refractivity contribution in [1.82, 2.24) is 0 Å². The molecule has 1 aliphatic rings. The first kappa shape index (κ1) is 20.5. The van der Waals surface area contributed by atoms with Crippen LogP contribution in [0.2, 0.25) is 5.02 Å². The van der Waals surface area contributed by atoms with E-state index in [0.29, 0.717) is 0 Å². The Hall–Kier alpha value is -2.26. The molecule has 1 heterocycles. The molecule has 28 heavy (non-hydrogen) atoms. The Balaban J connectivity index is 1.97. The minimum atomic E-state index is -0.111. The number of hydrogen-bond acceptors (Lipinski definition) is 2. The highest BCUT2D eigenvalue weighted by molar-refractivity contribution is 6.30. The molecule has 4 heteroatoms. The van der Waals surface area contributed by atoms with E-state index >= 15 is 0 Å². The Labute approximate surface area is 173 Å². The van der Waals surface area contributed by atoms with Crippen LogP contribution in [0.25, 0.3) is 6.08 Å². The Kier molecular flexibility index (Phi) is 5.85. The highest BCUT2D eigenvalue weighted by Gasteiger charge is 2.42. The molecule has 2 aromatic carbocycles. The van der Waals surface area contributed by atoms with Crippen LogP contribution >= 0.6 is 11.6 Å². The number of anilines is 1. The lowest BCUT2D eigenvalue weighted by Crippen LogP contribution is -2.26. The first-order chi connectivity index (χ1) is 13.3. The first-order valence-electron chi connectivity index (χ1n) is 9.85. The van der Waals surface area contributed by atoms with Crippen LogP contribution in [0.3, 0.4) is 0 Å². The van der Waals surface area contributed by atoms with E-state index in [4.69, 9.17) is 16.3 Å². The van der Waals surface area contributed by atoms with E-state index in [9.17, 15) is 0 Å². The molecule has 0 bridgehead atoms. The van der Waals surface area contributed by atoms with Gasteiger partial charge in [0.05, 0.1) is 12.5 Å². The Morgan fingerprint density at radius 1 is 1.07 bits per heavy atom. The SMILES string of the molecule is CCN(CC)c1ccc(/C=C/C2=[N+](C)c3ccc(Cl)cc3C2(C)C)c(OC)c1. The smallest absolute Gasteiger partial charge is 0.209 e. The molecule has 0 saturated heterocycles. The Bertz CT molecular complexity index is 940. The van der Waals surface area contributed by atoms with Gasteiger partial charge in [-0.15, -0.1) is 0 Å². The van der Waals surface area contributed by atoms with E-state index in [1.54, 1.807) is 7.11 Å². The molecule has 2 aromatic rings. The number of halogens is 1. The van der Waals surface area contributed by atoms with Crippen molar-refractivity contribution in [2.75, 3.05) is 32.1 Å². The number of methoxy groups -OCH3 is 1. The van der Waals surface area contributed by atoms with Crippen molar-refractivity contribution >= 4 is 34.8 Å². The van der Waals surface area contributed by atoms with Crippen molar-refractivity contribution in [3.8, 4) is 5.75 Å². The molecule has 0 spiro atoms. The van der Waals surface area contributed by atoms with Crippen LogP contribution in [0, 0.1) is 0 Å². The maximum atomic E-state index is 6.26. The molecule has 0 N–H and O–H groups in total. The van der Waals surface area contributed by atoms with Gasteiger partial charge in [-0.2, -0.15) is 4.58 Å². The van der Waals surface area contributed by atoms with Crippen LogP contribution in [-0.4, -0.2) is 37.5 Å². The summed E-state index contributed by atoms with van der Waals surface area (Å²) in [5.74, 6) is 0.889. The summed E-state index contributed by atoms with van der Waals surface area (Å²) < 4.78 is 7.93. The highest BCUT2D eigenvalue weighted by atomic mass is 35.5. The summed E-state index contributed by atoms with van der Waals surface area (Å²) in [6, 6.07) is 12.5. The lowest BCUT2D eigenvalue weighted by atomic mass is 9.81. The van der Waals surface area contributed by atoms with Crippen LogP contribution in [0.1, 0.15) is 38.8 Å². The van der Waals surface area contributed by atoms with Gasteiger partial charge in [0.2, 0.25) is 5.69 Å². The molecule has 1 aliphatic heterocycles. The second-order valence-corrected chi connectivity index (χ2v) is 8.10. The van der Waals surface area contributed by atoms with Crippen LogP contribution in [0.5, 0.6) is 5.75 Å². The quantitative estimate of drug-likeness (QED) is 0.562. The number of benzene rings is 2. The van der Waals surface area contributed by atoms with Crippen molar-refractivity contribution in [3.05, 3.63) is 58.6 Å². The fraction of sp³-hybridized carbons (Fsp3) is 0.375. The van der Waals surface area contributed by atoms with Crippen molar-refractivity contribution < 1.29 is 9.31 Å². The van der Waals surface area contributed by atoms with Crippen molar-refractivity contribution in [2.45, 2.75) is 33.1 Å². The summed E-state index contributed by atoms with van der Waals surface area (Å²) in [5.41, 5.74) is 5.85. The fourth-order valence-electron chi connectivity index (χ4n) is 4.10. The number of ether oxygens (including phenoxy) is 1. The fourth-order valence-corrected chi connectivity index (χ4v) is 4.27. The lowest BCUT2D eigenvalue weighted by Gasteiger charge is -2.22. The second kappa shape index (κ2) is 8.00. The van der Waals surface area contributed by atoms with E-state index in [-0.39, 0.29) is 5.41 Å². The van der Waals surface area contributed by atoms with Crippen LogP contribution in [0.4, 0.5) is 11.4 Å². The number of fused-ring (bicyclic) bond motifs is 1. The highest BCUT2D eigenvalue weighted by Crippen LogP contribution is 2.41. The van der Waals surface area contributed by atoms with E-state index in [0.717, 1.165) is 29.4 Å². The monoisotopic (exact) mass is 397 g/mol. The van der Waals surface area contributed by atoms with Gasteiger partial charge in [-0.05, 0) is 58.0 Å². The zero-order valence-electron chi connectivity index (χ0n) is 17.7. The van der Waals surface area contributed by atoms with Crippen molar-refractivity contribution in [1.29, 1.82) is 0 Å². The molecule has 0 atom stereocenters. The zero-order valence-corrected chi connectivity index (χ0v) is 18.5. The van der Waals surface area contributed by atoms with Gasteiger partial charge < -0.3 is 9.64 Å². The molecule has 0 aliphatic carbocycles. The normalized spacial score (nSPS) is 15.2. The predicted molar refractivity (Wildman–Crippen MR) is 121 cm³/mol. The van der Waals surface area contributed by atoms with E-state index in [1.807, 2.05) is 6.07 Å². The molecule has 0 fully saturated rings. The average Bonchev–Trinajstić information content (AvgIpc) is 2.87. The summed E-state index contributed by atoms with van der Waals surface area (Å²) in [7, 11) is 3.84. The molecule has 0 saturated carbocycles. The zero-order chi connectivity index (χ0) is 20.5. The van der Waals surface area contributed by atoms with Gasteiger partial charge in [-0.25, -0.2) is 0 Å². The maximum Gasteiger partial charge on any atom is 0.209 e. The van der Waals surface area contributed by atoms with Gasteiger partial charge in [0.15, 0.2) is 5.71 Å². The summed E-state index contributed by atoms with van der Waals surface area (Å²) >= 11 is 6.26. The summed E-state index contributed by atoms with van der Waals surface area (Å²) in [4.78, 5) is 2.32.